The lowest BCUT2D eigenvalue weighted by atomic mass is 10.2. The Morgan fingerprint density at radius 2 is 2.18 bits per heavy atom. The average Bonchev–Trinajstić information content (AvgIpc) is 2.92. The lowest BCUT2D eigenvalue weighted by Crippen LogP contribution is -2.19. The maximum atomic E-state index is 13.6. The molecule has 0 fully saturated rings. The topological polar surface area (TPSA) is 103 Å². The van der Waals surface area contributed by atoms with Crippen LogP contribution in [0.5, 0.6) is 0 Å². The highest BCUT2D eigenvalue weighted by Crippen LogP contribution is 2.26. The number of rotatable bonds is 4. The van der Waals surface area contributed by atoms with Crippen molar-refractivity contribution < 1.29 is 8.81 Å². The Kier molecular flexibility index (Phi) is 3.64. The summed E-state index contributed by atoms with van der Waals surface area (Å²) in [5, 5.41) is 3.97. The number of anilines is 2. The van der Waals surface area contributed by atoms with Crippen molar-refractivity contribution in [3.05, 3.63) is 47.6 Å². The number of nitrogens with one attached hydrogen (secondary N) is 1. The molecule has 2 aromatic heterocycles. The van der Waals surface area contributed by atoms with Gasteiger partial charge in [-0.25, -0.2) is 9.37 Å². The number of nitrogens with zero attached hydrogens (tertiary/aromatic N) is 2. The third-order valence-electron chi connectivity index (χ3n) is 3.46. The van der Waals surface area contributed by atoms with Gasteiger partial charge < -0.3 is 21.2 Å². The second kappa shape index (κ2) is 5.61. The molecule has 0 aliphatic carbocycles. The maximum Gasteiger partial charge on any atom is 0.221 e. The number of hydrogen-bond acceptors (Lipinski definition) is 6. The molecule has 1 atom stereocenters. The fourth-order valence-electron chi connectivity index (χ4n) is 2.19. The lowest BCUT2D eigenvalue weighted by molar-refractivity contribution is 0.442. The van der Waals surface area contributed by atoms with Crippen molar-refractivity contribution in [3.63, 3.8) is 0 Å². The van der Waals surface area contributed by atoms with Crippen LogP contribution in [0.4, 0.5) is 16.2 Å². The highest BCUT2D eigenvalue weighted by atomic mass is 19.1. The number of hydrogen-bond donors (Lipinski definition) is 3. The molecule has 0 aliphatic heterocycles. The molecule has 22 heavy (non-hydrogen) atoms. The maximum absolute atomic E-state index is 13.6. The first-order chi connectivity index (χ1) is 10.5. The number of benzene rings is 1. The van der Waals surface area contributed by atoms with E-state index >= 15 is 0 Å². The number of furan rings is 1. The number of nitrogens with two attached hydrogens (primary N) is 2. The summed E-state index contributed by atoms with van der Waals surface area (Å²) in [5.74, 6) is 0.757. The van der Waals surface area contributed by atoms with Crippen molar-refractivity contribution in [1.82, 2.24) is 15.3 Å². The summed E-state index contributed by atoms with van der Waals surface area (Å²) in [6, 6.07) is 6.54. The fourth-order valence-corrected chi connectivity index (χ4v) is 2.19. The Bertz CT molecular complexity index is 817. The first kappa shape index (κ1) is 14.3. The summed E-state index contributed by atoms with van der Waals surface area (Å²) >= 11 is 0. The minimum absolute atomic E-state index is 0.122. The van der Waals surface area contributed by atoms with Gasteiger partial charge in [0.1, 0.15) is 11.6 Å². The molecule has 0 aliphatic rings. The molecule has 0 bridgehead atoms. The average molecular weight is 301 g/mol. The Labute approximate surface area is 126 Å². The monoisotopic (exact) mass is 301 g/mol. The fraction of sp³-hybridized carbons (Fsp3) is 0.200. The summed E-state index contributed by atoms with van der Waals surface area (Å²) in [4.78, 5) is 7.81. The molecule has 6 nitrogen and oxygen atoms in total. The van der Waals surface area contributed by atoms with Crippen LogP contribution in [0.1, 0.15) is 24.3 Å². The quantitative estimate of drug-likeness (QED) is 0.683. The minimum atomic E-state index is -0.368. The predicted molar refractivity (Wildman–Crippen MR) is 82.3 cm³/mol. The lowest BCUT2D eigenvalue weighted by Gasteiger charge is -2.12. The summed E-state index contributed by atoms with van der Waals surface area (Å²) in [5.41, 5.74) is 12.2. The van der Waals surface area contributed by atoms with Crippen molar-refractivity contribution in [1.29, 1.82) is 0 Å². The number of fused-ring (bicyclic) bond motifs is 1. The van der Waals surface area contributed by atoms with Crippen LogP contribution in [0.25, 0.3) is 11.0 Å². The van der Waals surface area contributed by atoms with E-state index < -0.39 is 0 Å². The number of halogens is 1. The van der Waals surface area contributed by atoms with Gasteiger partial charge in [-0.15, -0.1) is 0 Å². The van der Waals surface area contributed by atoms with E-state index in [1.54, 1.807) is 12.3 Å². The first-order valence-corrected chi connectivity index (χ1v) is 6.83. The van der Waals surface area contributed by atoms with E-state index in [0.29, 0.717) is 18.1 Å². The summed E-state index contributed by atoms with van der Waals surface area (Å²) in [7, 11) is 0. The molecule has 1 aromatic carbocycles. The number of nitrogen functional groups attached to an aromatic ring is 2. The Morgan fingerprint density at radius 1 is 1.36 bits per heavy atom. The van der Waals surface area contributed by atoms with Gasteiger partial charge in [0, 0.05) is 23.7 Å². The molecule has 5 N–H and O–H groups in total. The van der Waals surface area contributed by atoms with Crippen LogP contribution in [0.2, 0.25) is 0 Å². The molecular weight excluding hydrogens is 285 g/mol. The molecular formula is C15H16FN5O. The van der Waals surface area contributed by atoms with Crippen LogP contribution in [-0.2, 0) is 6.54 Å². The van der Waals surface area contributed by atoms with Crippen molar-refractivity contribution in [2.45, 2.75) is 19.5 Å². The summed E-state index contributed by atoms with van der Waals surface area (Å²) < 4.78 is 19.2. The summed E-state index contributed by atoms with van der Waals surface area (Å²) in [6.45, 7) is 2.37. The second-order valence-electron chi connectivity index (χ2n) is 5.05. The smallest absolute Gasteiger partial charge is 0.221 e. The molecule has 0 saturated heterocycles. The molecule has 0 saturated carbocycles. The number of aromatic nitrogens is 2. The van der Waals surface area contributed by atoms with Crippen molar-refractivity contribution in [2.24, 2.45) is 0 Å². The van der Waals surface area contributed by atoms with Crippen molar-refractivity contribution in [3.8, 4) is 0 Å². The van der Waals surface area contributed by atoms with Crippen LogP contribution < -0.4 is 16.8 Å². The van der Waals surface area contributed by atoms with Gasteiger partial charge in [0.05, 0.1) is 6.04 Å². The molecule has 1 unspecified atom stereocenters. The molecule has 114 valence electrons. The van der Waals surface area contributed by atoms with Crippen LogP contribution in [-0.4, -0.2) is 9.97 Å². The largest absolute Gasteiger partial charge is 0.456 e. The molecule has 0 amide bonds. The molecule has 7 heteroatoms. The van der Waals surface area contributed by atoms with Crippen molar-refractivity contribution >= 4 is 22.7 Å². The van der Waals surface area contributed by atoms with Gasteiger partial charge >= 0.3 is 0 Å². The Hall–Kier alpha value is -2.67. The first-order valence-electron chi connectivity index (χ1n) is 6.83. The van der Waals surface area contributed by atoms with E-state index in [1.165, 1.54) is 6.07 Å². The van der Waals surface area contributed by atoms with Gasteiger partial charge in [0.25, 0.3) is 0 Å². The van der Waals surface area contributed by atoms with E-state index in [2.05, 4.69) is 15.3 Å². The third-order valence-corrected chi connectivity index (χ3v) is 3.46. The van der Waals surface area contributed by atoms with Gasteiger partial charge in [-0.2, -0.15) is 4.98 Å². The van der Waals surface area contributed by atoms with Gasteiger partial charge in [-0.1, -0.05) is 12.1 Å². The highest BCUT2D eigenvalue weighted by molar-refractivity contribution is 5.78. The van der Waals surface area contributed by atoms with E-state index in [-0.39, 0.29) is 23.4 Å². The second-order valence-corrected chi connectivity index (χ2v) is 5.05. The van der Waals surface area contributed by atoms with E-state index in [0.717, 1.165) is 10.9 Å². The van der Waals surface area contributed by atoms with Gasteiger partial charge in [0.15, 0.2) is 11.4 Å². The molecule has 0 radical (unpaired) electrons. The summed E-state index contributed by atoms with van der Waals surface area (Å²) in [6.07, 6.45) is 1.58. The number of para-hydroxylation sites is 1. The zero-order valence-electron chi connectivity index (χ0n) is 12.0. The van der Waals surface area contributed by atoms with E-state index in [1.807, 2.05) is 19.1 Å². The van der Waals surface area contributed by atoms with E-state index in [9.17, 15) is 4.39 Å². The van der Waals surface area contributed by atoms with E-state index in [4.69, 9.17) is 15.9 Å². The molecule has 0 spiro atoms. The zero-order chi connectivity index (χ0) is 15.7. The normalized spacial score (nSPS) is 12.6. The standard InChI is InChI=1S/C15H16FN5O/c1-8(19-6-10-7-20-15(18)21-14(10)17)12-5-9-3-2-4-11(16)13(9)22-12/h2-5,7-8,19H,6H2,1H3,(H4,17,18,20,21). The van der Waals surface area contributed by atoms with Crippen LogP contribution in [0.3, 0.4) is 0 Å². The van der Waals surface area contributed by atoms with Crippen LogP contribution in [0.15, 0.2) is 34.9 Å². The van der Waals surface area contributed by atoms with Gasteiger partial charge in [-0.05, 0) is 19.1 Å². The van der Waals surface area contributed by atoms with Crippen molar-refractivity contribution in [2.75, 3.05) is 11.5 Å². The van der Waals surface area contributed by atoms with Crippen LogP contribution >= 0.6 is 0 Å². The zero-order valence-corrected chi connectivity index (χ0v) is 12.0. The Balaban J connectivity index is 1.75. The highest BCUT2D eigenvalue weighted by Gasteiger charge is 2.14. The SMILES string of the molecule is CC(NCc1cnc(N)nc1N)c1cc2cccc(F)c2o1. The van der Waals surface area contributed by atoms with Crippen LogP contribution in [0, 0.1) is 5.82 Å². The van der Waals surface area contributed by atoms with Gasteiger partial charge in [0.2, 0.25) is 5.95 Å². The minimum Gasteiger partial charge on any atom is -0.456 e. The molecule has 2 heterocycles. The molecule has 3 aromatic rings. The molecule has 3 rings (SSSR count). The van der Waals surface area contributed by atoms with Gasteiger partial charge in [-0.3, -0.25) is 0 Å². The predicted octanol–water partition coefficient (Wildman–Crippen LogP) is 2.38. The Morgan fingerprint density at radius 3 is 2.91 bits per heavy atom. The third kappa shape index (κ3) is 2.71.